The van der Waals surface area contributed by atoms with Gasteiger partial charge in [0.2, 0.25) is 5.91 Å². The monoisotopic (exact) mass is 630 g/mol. The maximum Gasteiger partial charge on any atom is 0.310 e. The maximum absolute atomic E-state index is 13.4. The van der Waals surface area contributed by atoms with Crippen LogP contribution in [0.5, 0.6) is 5.75 Å². The minimum Gasteiger partial charge on any atom is -0.490 e. The van der Waals surface area contributed by atoms with Gasteiger partial charge in [-0.05, 0) is 70.2 Å². The van der Waals surface area contributed by atoms with Crippen LogP contribution >= 0.6 is 0 Å². The summed E-state index contributed by atoms with van der Waals surface area (Å²) in [4.78, 5) is 65.3. The molecule has 2 heterocycles. The zero-order chi connectivity index (χ0) is 33.4. The lowest BCUT2D eigenvalue weighted by Gasteiger charge is -2.33. The number of carbonyl (C=O) groups excluding carboxylic acids is 4. The van der Waals surface area contributed by atoms with Gasteiger partial charge in [0.25, 0.3) is 11.8 Å². The SMILES string of the molecule is COc1cc(C(=O)N2CCC[C@]3(C[C@H]3C#Cc3cccc4c3CN([C@@H](CCC(=O)OC(C)(C)C)C(N)=O)C4=O)C2)ccc1[N+](=O)[O-]. The lowest BCUT2D eigenvalue weighted by atomic mass is 9.91. The van der Waals surface area contributed by atoms with E-state index in [0.29, 0.717) is 35.3 Å². The van der Waals surface area contributed by atoms with Crippen molar-refractivity contribution in [2.45, 2.75) is 71.1 Å². The Labute approximate surface area is 267 Å². The van der Waals surface area contributed by atoms with E-state index in [1.807, 2.05) is 6.07 Å². The molecule has 242 valence electrons. The molecule has 0 unspecified atom stereocenters. The summed E-state index contributed by atoms with van der Waals surface area (Å²) in [5.74, 6) is 5.04. The second-order valence-electron chi connectivity index (χ2n) is 13.2. The summed E-state index contributed by atoms with van der Waals surface area (Å²) in [6, 6.07) is 8.48. The number of likely N-dealkylation sites (tertiary alicyclic amines) is 1. The average molecular weight is 631 g/mol. The molecule has 3 atom stereocenters. The number of ether oxygens (including phenoxy) is 2. The van der Waals surface area contributed by atoms with Crippen LogP contribution in [0.25, 0.3) is 0 Å². The van der Waals surface area contributed by atoms with Gasteiger partial charge >= 0.3 is 11.7 Å². The van der Waals surface area contributed by atoms with Gasteiger partial charge in [0.15, 0.2) is 5.75 Å². The number of nitrogens with zero attached hydrogens (tertiary/aromatic N) is 3. The summed E-state index contributed by atoms with van der Waals surface area (Å²) < 4.78 is 10.5. The van der Waals surface area contributed by atoms with Crippen molar-refractivity contribution >= 4 is 29.4 Å². The Bertz CT molecular complexity index is 1670. The fourth-order valence-electron chi connectivity index (χ4n) is 6.47. The molecule has 2 aromatic rings. The molecule has 1 aliphatic carbocycles. The molecule has 1 spiro atoms. The van der Waals surface area contributed by atoms with Crippen LogP contribution in [0.3, 0.4) is 0 Å². The zero-order valence-corrected chi connectivity index (χ0v) is 26.5. The molecule has 2 fully saturated rings. The van der Waals surface area contributed by atoms with Crippen LogP contribution in [0.2, 0.25) is 0 Å². The second kappa shape index (κ2) is 12.5. The van der Waals surface area contributed by atoms with E-state index in [1.54, 1.807) is 37.8 Å². The number of nitro groups is 1. The van der Waals surface area contributed by atoms with Crippen molar-refractivity contribution in [3.05, 3.63) is 68.8 Å². The van der Waals surface area contributed by atoms with E-state index in [-0.39, 0.29) is 54.0 Å². The molecular weight excluding hydrogens is 592 g/mol. The van der Waals surface area contributed by atoms with E-state index >= 15 is 0 Å². The lowest BCUT2D eigenvalue weighted by molar-refractivity contribution is -0.385. The van der Waals surface area contributed by atoms with Gasteiger partial charge in [-0.15, -0.1) is 0 Å². The Kier molecular flexibility index (Phi) is 8.80. The predicted octanol–water partition coefficient (Wildman–Crippen LogP) is 3.83. The number of primary amides is 1. The first kappa shape index (κ1) is 32.5. The van der Waals surface area contributed by atoms with Crippen LogP contribution < -0.4 is 10.5 Å². The van der Waals surface area contributed by atoms with Gasteiger partial charge in [0, 0.05) is 66.2 Å². The van der Waals surface area contributed by atoms with Crippen LogP contribution in [0.15, 0.2) is 36.4 Å². The number of nitrogens with two attached hydrogens (primary N) is 1. The highest BCUT2D eigenvalue weighted by Gasteiger charge is 2.55. The second-order valence-corrected chi connectivity index (χ2v) is 13.2. The lowest BCUT2D eigenvalue weighted by Crippen LogP contribution is -2.45. The first-order valence-electron chi connectivity index (χ1n) is 15.3. The zero-order valence-electron chi connectivity index (χ0n) is 26.5. The first-order valence-corrected chi connectivity index (χ1v) is 15.3. The number of benzene rings is 2. The highest BCUT2D eigenvalue weighted by atomic mass is 16.6. The van der Waals surface area contributed by atoms with Crippen molar-refractivity contribution in [2.24, 2.45) is 17.1 Å². The van der Waals surface area contributed by atoms with Crippen molar-refractivity contribution in [2.75, 3.05) is 20.2 Å². The van der Waals surface area contributed by atoms with Crippen molar-refractivity contribution in [3.8, 4) is 17.6 Å². The van der Waals surface area contributed by atoms with E-state index in [1.165, 1.54) is 30.2 Å². The van der Waals surface area contributed by atoms with Gasteiger partial charge in [-0.3, -0.25) is 29.3 Å². The molecule has 3 aliphatic rings. The van der Waals surface area contributed by atoms with Gasteiger partial charge in [-0.1, -0.05) is 17.9 Å². The van der Waals surface area contributed by atoms with Gasteiger partial charge in [0.05, 0.1) is 12.0 Å². The van der Waals surface area contributed by atoms with Gasteiger partial charge in [-0.25, -0.2) is 0 Å². The van der Waals surface area contributed by atoms with Gasteiger partial charge in [0.1, 0.15) is 11.6 Å². The topological polar surface area (TPSA) is 162 Å². The molecule has 1 saturated carbocycles. The standard InChI is InChI=1S/C34H38N4O8/c1-33(2,3)46-29(39)14-13-27(30(35)40)37-19-25-21(7-5-8-24(25)32(37)42)9-11-23-18-34(23)15-6-16-36(20-34)31(41)22-10-12-26(38(43)44)28(17-22)45-4/h5,7-8,10,12,17,23,27H,6,13-16,18-20H2,1-4H3,(H2,35,40)/t23-,27+,34+/m1/s1. The molecule has 1 saturated heterocycles. The molecule has 0 bridgehead atoms. The Morgan fingerprint density at radius 1 is 1.22 bits per heavy atom. The molecule has 2 aliphatic heterocycles. The van der Waals surface area contributed by atoms with E-state index in [2.05, 4.69) is 11.8 Å². The minimum absolute atomic E-state index is 0.0374. The number of fused-ring (bicyclic) bond motifs is 1. The summed E-state index contributed by atoms with van der Waals surface area (Å²) >= 11 is 0. The average Bonchev–Trinajstić information content (AvgIpc) is 3.55. The van der Waals surface area contributed by atoms with Crippen LogP contribution in [0.1, 0.15) is 84.7 Å². The number of hydrogen-bond acceptors (Lipinski definition) is 8. The molecule has 12 nitrogen and oxygen atoms in total. The Morgan fingerprint density at radius 3 is 2.65 bits per heavy atom. The summed E-state index contributed by atoms with van der Waals surface area (Å²) in [5, 5.41) is 11.3. The number of esters is 1. The molecule has 5 rings (SSSR count). The molecule has 2 aromatic carbocycles. The Balaban J connectivity index is 1.27. The highest BCUT2D eigenvalue weighted by Crippen LogP contribution is 2.57. The molecule has 12 heteroatoms. The fourth-order valence-corrected chi connectivity index (χ4v) is 6.47. The number of nitro benzene ring substituents is 1. The number of piperidine rings is 1. The number of carbonyl (C=O) groups is 4. The van der Waals surface area contributed by atoms with Crippen molar-refractivity contribution < 1.29 is 33.6 Å². The van der Waals surface area contributed by atoms with E-state index < -0.39 is 28.4 Å². The predicted molar refractivity (Wildman–Crippen MR) is 167 cm³/mol. The summed E-state index contributed by atoms with van der Waals surface area (Å²) in [6.07, 6.45) is 2.57. The molecule has 2 N–H and O–H groups in total. The quantitative estimate of drug-likeness (QED) is 0.199. The normalized spacial score (nSPS) is 20.8. The maximum atomic E-state index is 13.4. The largest absolute Gasteiger partial charge is 0.490 e. The van der Waals surface area contributed by atoms with Crippen LogP contribution in [0, 0.1) is 33.3 Å². The number of rotatable bonds is 8. The summed E-state index contributed by atoms with van der Waals surface area (Å²) in [6.45, 7) is 6.53. The van der Waals surface area contributed by atoms with Crippen molar-refractivity contribution in [1.29, 1.82) is 0 Å². The highest BCUT2D eigenvalue weighted by molar-refractivity contribution is 6.01. The van der Waals surface area contributed by atoms with Crippen LogP contribution in [-0.2, 0) is 20.9 Å². The third-order valence-corrected chi connectivity index (χ3v) is 8.83. The summed E-state index contributed by atoms with van der Waals surface area (Å²) in [5.41, 5.74) is 6.86. The van der Waals surface area contributed by atoms with Gasteiger partial charge in [-0.2, -0.15) is 0 Å². The van der Waals surface area contributed by atoms with Crippen molar-refractivity contribution in [1.82, 2.24) is 9.80 Å². The number of methoxy groups -OCH3 is 1. The van der Waals surface area contributed by atoms with Crippen LogP contribution in [-0.4, -0.2) is 70.3 Å². The van der Waals surface area contributed by atoms with E-state index in [0.717, 1.165) is 19.3 Å². The van der Waals surface area contributed by atoms with Crippen LogP contribution in [0.4, 0.5) is 5.69 Å². The molecule has 3 amide bonds. The molecule has 0 aromatic heterocycles. The van der Waals surface area contributed by atoms with Gasteiger partial charge < -0.3 is 25.0 Å². The third-order valence-electron chi connectivity index (χ3n) is 8.83. The fraction of sp³-hybridized carbons (Fsp3) is 0.471. The minimum atomic E-state index is -0.971. The molecule has 46 heavy (non-hydrogen) atoms. The third kappa shape index (κ3) is 6.68. The van der Waals surface area contributed by atoms with E-state index in [4.69, 9.17) is 15.2 Å². The Morgan fingerprint density at radius 2 is 1.98 bits per heavy atom. The summed E-state index contributed by atoms with van der Waals surface area (Å²) in [7, 11) is 1.33. The Hall–Kier alpha value is -4.92. The molecule has 0 radical (unpaired) electrons. The first-order chi connectivity index (χ1) is 21.7. The number of hydrogen-bond donors (Lipinski definition) is 1. The van der Waals surface area contributed by atoms with E-state index in [9.17, 15) is 29.3 Å². The number of amides is 3. The smallest absolute Gasteiger partial charge is 0.310 e. The molecular formula is C34H38N4O8. The van der Waals surface area contributed by atoms with Crippen molar-refractivity contribution in [3.63, 3.8) is 0 Å².